The molecule has 0 saturated carbocycles. The van der Waals surface area contributed by atoms with Crippen LogP contribution in [-0.4, -0.2) is 67.0 Å². The van der Waals surface area contributed by atoms with E-state index in [1.54, 1.807) is 18.6 Å². The molecule has 2 rings (SSSR count). The number of pyridine rings is 1. The number of amides is 1. The lowest BCUT2D eigenvalue weighted by atomic mass is 10.1. The molecule has 0 spiro atoms. The summed E-state index contributed by atoms with van der Waals surface area (Å²) < 4.78 is 114. The molecule has 0 unspecified atom stereocenters. The highest BCUT2D eigenvalue weighted by Crippen LogP contribution is 2.36. The molecule has 0 fully saturated rings. The zero-order valence-electron chi connectivity index (χ0n) is 22.8. The van der Waals surface area contributed by atoms with Gasteiger partial charge in [-0.1, -0.05) is 17.7 Å². The number of carbonyl (C=O) groups is 1. The number of carbonyl (C=O) groups excluding carboxylic acids is 1. The standard InChI is InChI=1S/C23H30ClF3N4O10S2/c1-15(2)37-9-7-30-43(35,36)31-22(32)39-8-3-4-16-5-6-18(38-10-11-40-42(28,33)34)13-20(16)41-21-19(24)12-17(14-29-21)23(25,26)27/h5-6,12-15,30H,3-4,7-11H2,1-2H3,(H,31,32)(H2,28,33,34). The van der Waals surface area contributed by atoms with Crippen molar-refractivity contribution in [1.82, 2.24) is 14.4 Å². The molecule has 4 N–H and O–H groups in total. The van der Waals surface area contributed by atoms with Crippen LogP contribution in [0.25, 0.3) is 0 Å². The van der Waals surface area contributed by atoms with Crippen LogP contribution < -0.4 is 24.1 Å². The van der Waals surface area contributed by atoms with E-state index >= 15 is 0 Å². The highest BCUT2D eigenvalue weighted by molar-refractivity contribution is 7.88. The molecule has 0 radical (unpaired) electrons. The Morgan fingerprint density at radius 1 is 1.09 bits per heavy atom. The molecular formula is C23H30ClF3N4O10S2. The van der Waals surface area contributed by atoms with Gasteiger partial charge in [-0.2, -0.15) is 34.7 Å². The van der Waals surface area contributed by atoms with Crippen LogP contribution in [-0.2, 0) is 46.8 Å². The molecule has 1 aromatic carbocycles. The maximum absolute atomic E-state index is 13.0. The molecule has 1 amide bonds. The van der Waals surface area contributed by atoms with Gasteiger partial charge in [0.25, 0.3) is 0 Å². The van der Waals surface area contributed by atoms with Gasteiger partial charge in [-0.15, -0.1) is 0 Å². The van der Waals surface area contributed by atoms with E-state index in [4.69, 9.17) is 35.7 Å². The molecule has 0 aliphatic heterocycles. The second-order valence-electron chi connectivity index (χ2n) is 8.70. The van der Waals surface area contributed by atoms with Gasteiger partial charge in [0, 0.05) is 18.8 Å². The quantitative estimate of drug-likeness (QED) is 0.208. The molecule has 0 bridgehead atoms. The maximum Gasteiger partial charge on any atom is 0.421 e. The van der Waals surface area contributed by atoms with Crippen LogP contribution in [0.15, 0.2) is 30.5 Å². The van der Waals surface area contributed by atoms with E-state index in [1.807, 2.05) is 0 Å². The zero-order chi connectivity index (χ0) is 32.3. The predicted octanol–water partition coefficient (Wildman–Crippen LogP) is 3.06. The number of nitrogens with one attached hydrogen (secondary N) is 2. The van der Waals surface area contributed by atoms with Crippen molar-refractivity contribution in [2.45, 2.75) is 39.0 Å². The summed E-state index contributed by atoms with van der Waals surface area (Å²) in [5, 5.41) is 4.32. The van der Waals surface area contributed by atoms with Gasteiger partial charge in [0.05, 0.1) is 24.9 Å². The first kappa shape index (κ1) is 36.3. The monoisotopic (exact) mass is 678 g/mol. The van der Waals surface area contributed by atoms with E-state index in [2.05, 4.69) is 13.9 Å². The third-order valence-corrected chi connectivity index (χ3v) is 6.65. The second kappa shape index (κ2) is 16.2. The lowest BCUT2D eigenvalue weighted by molar-refractivity contribution is -0.137. The highest BCUT2D eigenvalue weighted by Gasteiger charge is 2.32. The number of halogens is 4. The Morgan fingerprint density at radius 2 is 1.81 bits per heavy atom. The molecule has 1 heterocycles. The first-order chi connectivity index (χ1) is 19.9. The zero-order valence-corrected chi connectivity index (χ0v) is 25.2. The Labute approximate surface area is 251 Å². The van der Waals surface area contributed by atoms with Gasteiger partial charge < -0.3 is 18.9 Å². The lowest BCUT2D eigenvalue weighted by Gasteiger charge is -2.15. The number of hydrogen-bond donors (Lipinski definition) is 3. The van der Waals surface area contributed by atoms with Crippen molar-refractivity contribution >= 4 is 38.2 Å². The number of nitrogens with two attached hydrogens (primary N) is 1. The average Bonchev–Trinajstić information content (AvgIpc) is 2.87. The fourth-order valence-electron chi connectivity index (χ4n) is 3.07. The average molecular weight is 679 g/mol. The van der Waals surface area contributed by atoms with Crippen LogP contribution in [0, 0.1) is 0 Å². The second-order valence-corrected chi connectivity index (χ2v) is 11.8. The summed E-state index contributed by atoms with van der Waals surface area (Å²) in [6.07, 6.45) is -5.13. The number of hydrogen-bond acceptors (Lipinski definition) is 11. The Bertz CT molecular complexity index is 1450. The van der Waals surface area contributed by atoms with E-state index in [0.29, 0.717) is 17.8 Å². The van der Waals surface area contributed by atoms with E-state index in [1.165, 1.54) is 18.2 Å². The van der Waals surface area contributed by atoms with Crippen molar-refractivity contribution in [3.63, 3.8) is 0 Å². The van der Waals surface area contributed by atoms with Crippen LogP contribution in [0.1, 0.15) is 31.4 Å². The number of ether oxygens (including phenoxy) is 4. The van der Waals surface area contributed by atoms with Gasteiger partial charge in [0.1, 0.15) is 29.7 Å². The number of aromatic nitrogens is 1. The first-order valence-corrected chi connectivity index (χ1v) is 15.7. The highest BCUT2D eigenvalue weighted by atomic mass is 35.5. The molecule has 0 atom stereocenters. The summed E-state index contributed by atoms with van der Waals surface area (Å²) in [6, 6.07) is 4.99. The minimum absolute atomic E-state index is 0.0545. The number of alkyl halides is 3. The van der Waals surface area contributed by atoms with Gasteiger partial charge >= 0.3 is 32.8 Å². The molecule has 0 aliphatic rings. The molecule has 2 aromatic rings. The van der Waals surface area contributed by atoms with Crippen LogP contribution in [0.3, 0.4) is 0 Å². The van der Waals surface area contributed by atoms with Gasteiger partial charge in [-0.25, -0.2) is 19.6 Å². The molecule has 1 aromatic heterocycles. The molecule has 0 saturated heterocycles. The summed E-state index contributed by atoms with van der Waals surface area (Å²) in [4.78, 5) is 15.5. The summed E-state index contributed by atoms with van der Waals surface area (Å²) in [6.45, 7) is 2.72. The van der Waals surface area contributed by atoms with Crippen molar-refractivity contribution in [2.75, 3.05) is 33.0 Å². The molecule has 14 nitrogen and oxygen atoms in total. The van der Waals surface area contributed by atoms with E-state index in [-0.39, 0.29) is 62.7 Å². The summed E-state index contributed by atoms with van der Waals surface area (Å²) >= 11 is 5.96. The minimum atomic E-state index is -4.68. The summed E-state index contributed by atoms with van der Waals surface area (Å²) in [7, 11) is -8.36. The van der Waals surface area contributed by atoms with Crippen LogP contribution in [0.4, 0.5) is 18.0 Å². The molecule has 0 aliphatic carbocycles. The topological polar surface area (TPSA) is 194 Å². The third-order valence-electron chi connectivity index (χ3n) is 4.87. The molecule has 43 heavy (non-hydrogen) atoms. The van der Waals surface area contributed by atoms with Crippen molar-refractivity contribution < 1.29 is 57.9 Å². The number of aryl methyl sites for hydroxylation is 1. The van der Waals surface area contributed by atoms with E-state index in [0.717, 1.165) is 0 Å². The first-order valence-electron chi connectivity index (χ1n) is 12.3. The molecule has 20 heteroatoms. The Kier molecular flexibility index (Phi) is 13.7. The Hall–Kier alpha value is -2.94. The fraction of sp³-hybridized carbons (Fsp3) is 0.478. The lowest BCUT2D eigenvalue weighted by Crippen LogP contribution is -2.42. The van der Waals surface area contributed by atoms with Gasteiger partial charge in [-0.3, -0.25) is 4.18 Å². The summed E-state index contributed by atoms with van der Waals surface area (Å²) in [5.41, 5.74) is -0.636. The van der Waals surface area contributed by atoms with E-state index < -0.39 is 50.0 Å². The fourth-order valence-corrected chi connectivity index (χ4v) is 4.28. The maximum atomic E-state index is 13.0. The predicted molar refractivity (Wildman–Crippen MR) is 146 cm³/mol. The smallest absolute Gasteiger partial charge is 0.421 e. The number of rotatable bonds is 17. The largest absolute Gasteiger partial charge is 0.491 e. The summed E-state index contributed by atoms with van der Waals surface area (Å²) in [5.74, 6) is -0.136. The minimum Gasteiger partial charge on any atom is -0.491 e. The van der Waals surface area contributed by atoms with Crippen molar-refractivity contribution in [3.8, 4) is 17.4 Å². The number of benzene rings is 1. The van der Waals surface area contributed by atoms with Gasteiger partial charge in [0.15, 0.2) is 0 Å². The van der Waals surface area contributed by atoms with Crippen molar-refractivity contribution in [3.05, 3.63) is 46.6 Å². The Morgan fingerprint density at radius 3 is 2.44 bits per heavy atom. The normalized spacial score (nSPS) is 12.3. The number of nitrogens with zero attached hydrogens (tertiary/aromatic N) is 1. The van der Waals surface area contributed by atoms with Crippen molar-refractivity contribution in [2.24, 2.45) is 5.14 Å². The van der Waals surface area contributed by atoms with Crippen LogP contribution >= 0.6 is 11.6 Å². The van der Waals surface area contributed by atoms with Crippen LogP contribution in [0.5, 0.6) is 17.4 Å². The van der Waals surface area contributed by atoms with Gasteiger partial charge in [-0.05, 0) is 44.4 Å². The van der Waals surface area contributed by atoms with E-state index in [9.17, 15) is 34.8 Å². The van der Waals surface area contributed by atoms with Crippen molar-refractivity contribution in [1.29, 1.82) is 0 Å². The van der Waals surface area contributed by atoms with Gasteiger partial charge in [0.2, 0.25) is 5.88 Å². The molecule has 242 valence electrons. The molecular weight excluding hydrogens is 649 g/mol. The SMILES string of the molecule is CC(C)OCCNS(=O)(=O)NC(=O)OCCCc1ccc(OCCOS(N)(=O)=O)cc1Oc1ncc(C(F)(F)F)cc1Cl. The third kappa shape index (κ3) is 14.4. The van der Waals surface area contributed by atoms with Crippen LogP contribution in [0.2, 0.25) is 5.02 Å². The Balaban J connectivity index is 2.05.